The Morgan fingerprint density at radius 1 is 1.55 bits per heavy atom. The molecule has 1 aromatic rings. The lowest BCUT2D eigenvalue weighted by molar-refractivity contribution is -0.142. The summed E-state index contributed by atoms with van der Waals surface area (Å²) in [6, 6.07) is 1.31. The number of nitrogens with two attached hydrogens (primary N) is 1. The molecule has 0 aliphatic carbocycles. The summed E-state index contributed by atoms with van der Waals surface area (Å²) < 4.78 is 35.7. The predicted octanol–water partition coefficient (Wildman–Crippen LogP) is 1.03. The van der Waals surface area contributed by atoms with Crippen LogP contribution in [0, 0.1) is 0 Å². The van der Waals surface area contributed by atoms with E-state index in [1.54, 1.807) is 0 Å². The Bertz CT molecular complexity index is 239. The van der Waals surface area contributed by atoms with Gasteiger partial charge in [-0.15, -0.1) is 0 Å². The van der Waals surface area contributed by atoms with Crippen LogP contribution in [0.5, 0.6) is 0 Å². The molecule has 1 heterocycles. The van der Waals surface area contributed by atoms with E-state index in [1.165, 1.54) is 12.3 Å². The van der Waals surface area contributed by atoms with Crippen LogP contribution in [-0.2, 0) is 6.54 Å². The molecular weight excluding hydrogens is 159 g/mol. The van der Waals surface area contributed by atoms with Gasteiger partial charge in [0.05, 0.1) is 6.20 Å². The Kier molecular flexibility index (Phi) is 1.76. The average Bonchev–Trinajstić information content (AvgIpc) is 2.12. The second-order valence-electron chi connectivity index (χ2n) is 2.03. The summed E-state index contributed by atoms with van der Waals surface area (Å²) >= 11 is 0. The van der Waals surface area contributed by atoms with Gasteiger partial charge in [-0.05, 0) is 6.07 Å². The molecule has 0 spiro atoms. The fourth-order valence-electron chi connectivity index (χ4n) is 0.645. The maximum Gasteiger partial charge on any atom is 0.408 e. The van der Waals surface area contributed by atoms with Crippen LogP contribution in [0.15, 0.2) is 12.3 Å². The zero-order valence-electron chi connectivity index (χ0n) is 5.47. The molecule has 0 unspecified atom stereocenters. The second kappa shape index (κ2) is 2.44. The van der Waals surface area contributed by atoms with Crippen molar-refractivity contribution in [2.45, 2.75) is 12.7 Å². The van der Waals surface area contributed by atoms with Crippen LogP contribution in [-0.4, -0.2) is 16.0 Å². The quantitative estimate of drug-likeness (QED) is 0.675. The first-order chi connectivity index (χ1) is 4.99. The minimum absolute atomic E-state index is 0.0160. The summed E-state index contributed by atoms with van der Waals surface area (Å²) in [6.45, 7) is -1.13. The number of aromatic nitrogens is 2. The van der Waals surface area contributed by atoms with E-state index in [9.17, 15) is 13.2 Å². The van der Waals surface area contributed by atoms with Crippen LogP contribution >= 0.6 is 0 Å². The summed E-state index contributed by atoms with van der Waals surface area (Å²) in [5, 5.41) is 3.37. The molecule has 0 amide bonds. The molecule has 1 rings (SSSR count). The lowest BCUT2D eigenvalue weighted by Crippen LogP contribution is -2.19. The molecule has 6 heteroatoms. The van der Waals surface area contributed by atoms with E-state index in [1.807, 2.05) is 0 Å². The molecule has 0 atom stereocenters. The molecule has 0 fully saturated rings. The van der Waals surface area contributed by atoms with Gasteiger partial charge in [-0.25, -0.2) is 4.68 Å². The van der Waals surface area contributed by atoms with Crippen molar-refractivity contribution < 1.29 is 13.2 Å². The maximum atomic E-state index is 11.7. The second-order valence-corrected chi connectivity index (χ2v) is 2.03. The third-order valence-electron chi connectivity index (χ3n) is 1.08. The van der Waals surface area contributed by atoms with Gasteiger partial charge in [0.2, 0.25) is 0 Å². The van der Waals surface area contributed by atoms with E-state index in [4.69, 9.17) is 5.73 Å². The van der Waals surface area contributed by atoms with Crippen molar-refractivity contribution in [3.05, 3.63) is 12.3 Å². The van der Waals surface area contributed by atoms with E-state index in [0.717, 1.165) is 0 Å². The number of halogens is 3. The Morgan fingerprint density at radius 3 is 2.55 bits per heavy atom. The molecule has 62 valence electrons. The molecule has 0 aliphatic heterocycles. The number of nitrogens with zero attached hydrogens (tertiary/aromatic N) is 2. The fourth-order valence-corrected chi connectivity index (χ4v) is 0.645. The van der Waals surface area contributed by atoms with Crippen molar-refractivity contribution in [1.29, 1.82) is 0 Å². The Balaban J connectivity index is 2.72. The van der Waals surface area contributed by atoms with Gasteiger partial charge >= 0.3 is 6.18 Å². The Hall–Kier alpha value is -1.20. The van der Waals surface area contributed by atoms with Crippen molar-refractivity contribution in [2.75, 3.05) is 5.73 Å². The van der Waals surface area contributed by atoms with Crippen molar-refractivity contribution in [3.63, 3.8) is 0 Å². The molecular formula is C5H6F3N3. The highest BCUT2D eigenvalue weighted by Crippen LogP contribution is 2.18. The van der Waals surface area contributed by atoms with E-state index < -0.39 is 12.7 Å². The number of nitrogen functional groups attached to an aromatic ring is 1. The molecule has 0 bridgehead atoms. The standard InChI is InChI=1S/C5H6F3N3/c6-5(7,8)3-11-4(9)1-2-10-11/h1-2H,3,9H2. The van der Waals surface area contributed by atoms with Crippen molar-refractivity contribution in [1.82, 2.24) is 9.78 Å². The van der Waals surface area contributed by atoms with Crippen LogP contribution in [0.4, 0.5) is 19.0 Å². The van der Waals surface area contributed by atoms with Crippen LogP contribution < -0.4 is 5.73 Å². The topological polar surface area (TPSA) is 43.8 Å². The zero-order chi connectivity index (χ0) is 8.48. The van der Waals surface area contributed by atoms with Crippen molar-refractivity contribution in [3.8, 4) is 0 Å². The highest BCUT2D eigenvalue weighted by molar-refractivity contribution is 5.25. The van der Waals surface area contributed by atoms with Crippen molar-refractivity contribution >= 4 is 5.82 Å². The first kappa shape index (κ1) is 7.90. The average molecular weight is 165 g/mol. The monoisotopic (exact) mass is 165 g/mol. The first-order valence-corrected chi connectivity index (χ1v) is 2.83. The third-order valence-corrected chi connectivity index (χ3v) is 1.08. The van der Waals surface area contributed by atoms with Gasteiger partial charge in [0.15, 0.2) is 0 Å². The molecule has 0 aromatic carbocycles. The summed E-state index contributed by atoms with van der Waals surface area (Å²) in [5.41, 5.74) is 5.15. The van der Waals surface area contributed by atoms with Gasteiger partial charge in [0, 0.05) is 0 Å². The number of alkyl halides is 3. The van der Waals surface area contributed by atoms with Gasteiger partial charge in [0.1, 0.15) is 12.4 Å². The van der Waals surface area contributed by atoms with E-state index in [2.05, 4.69) is 5.10 Å². The lowest BCUT2D eigenvalue weighted by atomic mass is 10.6. The van der Waals surface area contributed by atoms with Crippen molar-refractivity contribution in [2.24, 2.45) is 0 Å². The zero-order valence-corrected chi connectivity index (χ0v) is 5.47. The molecule has 0 saturated carbocycles. The number of rotatable bonds is 1. The smallest absolute Gasteiger partial charge is 0.384 e. The summed E-state index contributed by atoms with van der Waals surface area (Å²) in [7, 11) is 0. The molecule has 0 saturated heterocycles. The largest absolute Gasteiger partial charge is 0.408 e. The molecule has 2 N–H and O–H groups in total. The van der Waals surface area contributed by atoms with E-state index >= 15 is 0 Å². The van der Waals surface area contributed by atoms with E-state index in [0.29, 0.717) is 4.68 Å². The minimum Gasteiger partial charge on any atom is -0.384 e. The SMILES string of the molecule is Nc1ccnn1CC(F)(F)F. The van der Waals surface area contributed by atoms with Crippen LogP contribution in [0.3, 0.4) is 0 Å². The van der Waals surface area contributed by atoms with Gasteiger partial charge < -0.3 is 5.73 Å². The summed E-state index contributed by atoms with van der Waals surface area (Å²) in [4.78, 5) is 0. The number of anilines is 1. The summed E-state index contributed by atoms with van der Waals surface area (Å²) in [5.74, 6) is 0.0160. The third kappa shape index (κ3) is 2.14. The van der Waals surface area contributed by atoms with Gasteiger partial charge in [-0.1, -0.05) is 0 Å². The predicted molar refractivity (Wildman–Crippen MR) is 32.7 cm³/mol. The normalized spacial score (nSPS) is 11.9. The van der Waals surface area contributed by atoms with Gasteiger partial charge in [-0.3, -0.25) is 0 Å². The summed E-state index contributed by atoms with van der Waals surface area (Å²) in [6.07, 6.45) is -3.04. The highest BCUT2D eigenvalue weighted by atomic mass is 19.4. The van der Waals surface area contributed by atoms with E-state index in [-0.39, 0.29) is 5.82 Å². The maximum absolute atomic E-state index is 11.7. The molecule has 11 heavy (non-hydrogen) atoms. The highest BCUT2D eigenvalue weighted by Gasteiger charge is 2.28. The molecule has 1 aromatic heterocycles. The van der Waals surface area contributed by atoms with Crippen LogP contribution in [0.2, 0.25) is 0 Å². The van der Waals surface area contributed by atoms with Gasteiger partial charge in [0.25, 0.3) is 0 Å². The first-order valence-electron chi connectivity index (χ1n) is 2.83. The molecule has 3 nitrogen and oxygen atoms in total. The number of hydrogen-bond acceptors (Lipinski definition) is 2. The van der Waals surface area contributed by atoms with Crippen LogP contribution in [0.25, 0.3) is 0 Å². The van der Waals surface area contributed by atoms with Crippen LogP contribution in [0.1, 0.15) is 0 Å². The number of hydrogen-bond donors (Lipinski definition) is 1. The molecule has 0 radical (unpaired) electrons. The van der Waals surface area contributed by atoms with Gasteiger partial charge in [-0.2, -0.15) is 18.3 Å². The lowest BCUT2D eigenvalue weighted by Gasteiger charge is -2.06. The minimum atomic E-state index is -4.26. The Labute approximate surface area is 60.6 Å². The molecule has 0 aliphatic rings. The Morgan fingerprint density at radius 2 is 2.18 bits per heavy atom. The fraction of sp³-hybridized carbons (Fsp3) is 0.400.